The van der Waals surface area contributed by atoms with Crippen molar-refractivity contribution in [3.05, 3.63) is 17.5 Å². The van der Waals surface area contributed by atoms with Crippen LogP contribution in [0.5, 0.6) is 0 Å². The lowest BCUT2D eigenvalue weighted by Crippen LogP contribution is -2.42. The molecule has 1 aliphatic heterocycles. The molecule has 1 aromatic heterocycles. The van der Waals surface area contributed by atoms with E-state index >= 15 is 0 Å². The molecule has 5 nitrogen and oxygen atoms in total. The van der Waals surface area contributed by atoms with Gasteiger partial charge in [0.2, 0.25) is 5.91 Å². The molecule has 2 aliphatic rings. The zero-order valence-electron chi connectivity index (χ0n) is 12.3. The number of likely N-dealkylation sites (tertiary alicyclic amines) is 1. The normalized spacial score (nSPS) is 22.6. The first-order valence-electron chi connectivity index (χ1n) is 7.77. The van der Waals surface area contributed by atoms with E-state index in [0.717, 1.165) is 38.8 Å². The largest absolute Gasteiger partial charge is 0.342 e. The lowest BCUT2D eigenvalue weighted by molar-refractivity contribution is -0.131. The second kappa shape index (κ2) is 5.95. The van der Waals surface area contributed by atoms with E-state index in [9.17, 15) is 4.79 Å². The van der Waals surface area contributed by atoms with Crippen LogP contribution in [0.3, 0.4) is 0 Å². The maximum Gasteiger partial charge on any atom is 0.236 e. The van der Waals surface area contributed by atoms with Gasteiger partial charge in [-0.15, -0.1) is 0 Å². The molecule has 1 fully saturated rings. The minimum Gasteiger partial charge on any atom is -0.342 e. The summed E-state index contributed by atoms with van der Waals surface area (Å²) in [6.45, 7) is 2.33. The summed E-state index contributed by atoms with van der Waals surface area (Å²) in [6, 6.07) is 0.293. The Balaban J connectivity index is 1.57. The number of rotatable bonds is 3. The fourth-order valence-corrected chi connectivity index (χ4v) is 3.38. The van der Waals surface area contributed by atoms with E-state index < -0.39 is 0 Å². The average Bonchev–Trinajstić information content (AvgIpc) is 2.88. The molecule has 1 aromatic rings. The van der Waals surface area contributed by atoms with Gasteiger partial charge in [-0.1, -0.05) is 0 Å². The second-order valence-corrected chi connectivity index (χ2v) is 5.94. The first kappa shape index (κ1) is 13.6. The quantitative estimate of drug-likeness (QED) is 0.908. The van der Waals surface area contributed by atoms with Gasteiger partial charge >= 0.3 is 0 Å². The predicted octanol–water partition coefficient (Wildman–Crippen LogP) is 1.40. The Morgan fingerprint density at radius 2 is 2.15 bits per heavy atom. The summed E-state index contributed by atoms with van der Waals surface area (Å²) in [5.74, 6) is 0.251. The Morgan fingerprint density at radius 1 is 1.35 bits per heavy atom. The van der Waals surface area contributed by atoms with Gasteiger partial charge in [-0.2, -0.15) is 5.10 Å². The topological polar surface area (TPSA) is 50.2 Å². The number of nitrogens with zero attached hydrogens (tertiary/aromatic N) is 3. The summed E-state index contributed by atoms with van der Waals surface area (Å²) in [5.41, 5.74) is 2.60. The van der Waals surface area contributed by atoms with Gasteiger partial charge in [-0.25, -0.2) is 0 Å². The lowest BCUT2D eigenvalue weighted by atomic mass is 9.93. The number of amides is 1. The van der Waals surface area contributed by atoms with Crippen LogP contribution in [0.4, 0.5) is 0 Å². The van der Waals surface area contributed by atoms with Gasteiger partial charge in [0, 0.05) is 37.4 Å². The summed E-state index contributed by atoms with van der Waals surface area (Å²) >= 11 is 0. The molecular weight excluding hydrogens is 252 g/mol. The smallest absolute Gasteiger partial charge is 0.236 e. The molecule has 20 heavy (non-hydrogen) atoms. The van der Waals surface area contributed by atoms with E-state index in [-0.39, 0.29) is 5.91 Å². The highest BCUT2D eigenvalue weighted by Crippen LogP contribution is 2.28. The van der Waals surface area contributed by atoms with Gasteiger partial charge < -0.3 is 10.2 Å². The van der Waals surface area contributed by atoms with Crippen LogP contribution in [-0.4, -0.2) is 40.2 Å². The van der Waals surface area contributed by atoms with Gasteiger partial charge in [0.25, 0.3) is 0 Å². The van der Waals surface area contributed by atoms with Crippen LogP contribution < -0.4 is 5.32 Å². The van der Waals surface area contributed by atoms with E-state index in [1.807, 2.05) is 22.8 Å². The van der Waals surface area contributed by atoms with Crippen LogP contribution in [-0.2, 0) is 18.3 Å². The molecule has 3 rings (SSSR count). The third-order valence-electron chi connectivity index (χ3n) is 4.58. The molecular formula is C15H24N4O. The van der Waals surface area contributed by atoms with E-state index in [2.05, 4.69) is 10.4 Å². The monoisotopic (exact) mass is 276 g/mol. The zero-order valence-corrected chi connectivity index (χ0v) is 12.3. The molecule has 1 aliphatic carbocycles. The summed E-state index contributed by atoms with van der Waals surface area (Å²) < 4.78 is 1.97. The van der Waals surface area contributed by atoms with Crippen LogP contribution in [0.2, 0.25) is 0 Å². The third kappa shape index (κ3) is 2.73. The molecule has 2 heterocycles. The zero-order chi connectivity index (χ0) is 13.9. The Hall–Kier alpha value is -1.36. The van der Waals surface area contributed by atoms with E-state index in [1.165, 1.54) is 24.1 Å². The lowest BCUT2D eigenvalue weighted by Gasteiger charge is -2.29. The first-order valence-corrected chi connectivity index (χ1v) is 7.77. The molecule has 110 valence electrons. The Kier molecular flexibility index (Phi) is 4.05. The van der Waals surface area contributed by atoms with Crippen LogP contribution >= 0.6 is 0 Å². The van der Waals surface area contributed by atoms with E-state index in [4.69, 9.17) is 0 Å². The number of carbonyl (C=O) groups is 1. The van der Waals surface area contributed by atoms with Crippen LogP contribution in [0, 0.1) is 0 Å². The highest BCUT2D eigenvalue weighted by Gasteiger charge is 2.24. The molecule has 1 N–H and O–H groups in total. The molecule has 0 bridgehead atoms. The van der Waals surface area contributed by atoms with E-state index in [0.29, 0.717) is 12.6 Å². The van der Waals surface area contributed by atoms with Crippen molar-refractivity contribution in [2.75, 3.05) is 19.6 Å². The summed E-state index contributed by atoms with van der Waals surface area (Å²) in [7, 11) is 2.00. The van der Waals surface area contributed by atoms with Crippen molar-refractivity contribution in [1.29, 1.82) is 0 Å². The van der Waals surface area contributed by atoms with E-state index in [1.54, 1.807) is 0 Å². The van der Waals surface area contributed by atoms with Crippen molar-refractivity contribution in [2.24, 2.45) is 7.05 Å². The van der Waals surface area contributed by atoms with Crippen LogP contribution in [0.25, 0.3) is 0 Å². The third-order valence-corrected chi connectivity index (χ3v) is 4.58. The van der Waals surface area contributed by atoms with Gasteiger partial charge in [0.15, 0.2) is 0 Å². The molecule has 0 aromatic carbocycles. The number of hydrogen-bond donors (Lipinski definition) is 1. The fourth-order valence-electron chi connectivity index (χ4n) is 3.38. The molecule has 0 spiro atoms. The average molecular weight is 276 g/mol. The highest BCUT2D eigenvalue weighted by molar-refractivity contribution is 5.78. The minimum absolute atomic E-state index is 0.251. The SMILES string of the molecule is Cn1ncc2c1CCCC2NCC(=O)N1CCCCC1. The Bertz CT molecular complexity index is 476. The number of aromatic nitrogens is 2. The van der Waals surface area contributed by atoms with Gasteiger partial charge in [-0.3, -0.25) is 9.48 Å². The predicted molar refractivity (Wildman–Crippen MR) is 77.3 cm³/mol. The number of hydrogen-bond acceptors (Lipinski definition) is 3. The molecule has 1 atom stereocenters. The van der Waals surface area contributed by atoms with Crippen molar-refractivity contribution >= 4 is 5.91 Å². The van der Waals surface area contributed by atoms with Gasteiger partial charge in [0.1, 0.15) is 0 Å². The molecule has 5 heteroatoms. The van der Waals surface area contributed by atoms with Crippen LogP contribution in [0.1, 0.15) is 49.4 Å². The molecule has 1 saturated heterocycles. The molecule has 0 saturated carbocycles. The molecule has 1 amide bonds. The van der Waals surface area contributed by atoms with Crippen molar-refractivity contribution < 1.29 is 4.79 Å². The first-order chi connectivity index (χ1) is 9.75. The maximum absolute atomic E-state index is 12.2. The number of piperidine rings is 1. The number of fused-ring (bicyclic) bond motifs is 1. The number of nitrogens with one attached hydrogen (secondary N) is 1. The van der Waals surface area contributed by atoms with Crippen molar-refractivity contribution in [3.63, 3.8) is 0 Å². The summed E-state index contributed by atoms with van der Waals surface area (Å²) in [5, 5.41) is 7.79. The summed E-state index contributed by atoms with van der Waals surface area (Å²) in [4.78, 5) is 14.2. The van der Waals surface area contributed by atoms with Crippen molar-refractivity contribution in [1.82, 2.24) is 20.0 Å². The number of carbonyl (C=O) groups excluding carboxylic acids is 1. The molecule has 1 unspecified atom stereocenters. The second-order valence-electron chi connectivity index (χ2n) is 5.94. The Labute approximate surface area is 120 Å². The number of aryl methyl sites for hydroxylation is 1. The maximum atomic E-state index is 12.2. The Morgan fingerprint density at radius 3 is 2.95 bits per heavy atom. The van der Waals surface area contributed by atoms with Gasteiger partial charge in [-0.05, 0) is 38.5 Å². The fraction of sp³-hybridized carbons (Fsp3) is 0.733. The standard InChI is InChI=1S/C15H24N4O/c1-18-14-7-5-6-13(12(14)10-17-18)16-11-15(20)19-8-3-2-4-9-19/h10,13,16H,2-9,11H2,1H3. The molecule has 0 radical (unpaired) electrons. The van der Waals surface area contributed by atoms with Gasteiger partial charge in [0.05, 0.1) is 12.7 Å². The van der Waals surface area contributed by atoms with Crippen LogP contribution in [0.15, 0.2) is 6.20 Å². The van der Waals surface area contributed by atoms with Crippen molar-refractivity contribution in [2.45, 2.75) is 44.6 Å². The van der Waals surface area contributed by atoms with Crippen molar-refractivity contribution in [3.8, 4) is 0 Å². The minimum atomic E-state index is 0.251. The summed E-state index contributed by atoms with van der Waals surface area (Å²) in [6.07, 6.45) is 8.90. The highest BCUT2D eigenvalue weighted by atomic mass is 16.2.